The molecule has 138 valence electrons. The zero-order chi connectivity index (χ0) is 19.3. The van der Waals surface area contributed by atoms with E-state index in [2.05, 4.69) is 15.6 Å². The average molecular weight is 365 g/mol. The first-order valence-electron chi connectivity index (χ1n) is 7.97. The predicted molar refractivity (Wildman–Crippen MR) is 90.9 cm³/mol. The van der Waals surface area contributed by atoms with E-state index in [0.717, 1.165) is 30.7 Å². The van der Waals surface area contributed by atoms with E-state index in [1.807, 2.05) is 13.8 Å². The van der Waals surface area contributed by atoms with Crippen LogP contribution in [0.1, 0.15) is 46.8 Å². The first kappa shape index (κ1) is 19.4. The molecular weight excluding hydrogens is 347 g/mol. The number of amides is 2. The summed E-state index contributed by atoms with van der Waals surface area (Å²) in [6, 6.07) is 8.43. The number of nitrogens with zero attached hydrogens (tertiary/aromatic N) is 1. The number of carbonyl (C=O) groups is 2. The molecule has 0 aliphatic carbocycles. The van der Waals surface area contributed by atoms with Gasteiger partial charge in [0.05, 0.1) is 5.56 Å². The number of hydrogen-bond acceptors (Lipinski definition) is 3. The molecule has 1 atom stereocenters. The standard InChI is InChI=1S/C18H18F3N3O2/c1-3-11(2)22-16(25)14-5-4-6-15(24-14)17(26)23-13-9-7-12(8-10-13)18(19,20)21/h4-11H,3H2,1-2H3,(H,22,25)(H,23,26). The van der Waals surface area contributed by atoms with Crippen molar-refractivity contribution in [2.24, 2.45) is 0 Å². The second-order valence-electron chi connectivity index (χ2n) is 5.72. The van der Waals surface area contributed by atoms with Gasteiger partial charge in [0, 0.05) is 11.7 Å². The van der Waals surface area contributed by atoms with Crippen LogP contribution in [0.4, 0.5) is 18.9 Å². The molecule has 1 aromatic carbocycles. The second-order valence-corrected chi connectivity index (χ2v) is 5.72. The average Bonchev–Trinajstić information content (AvgIpc) is 2.61. The SMILES string of the molecule is CCC(C)NC(=O)c1cccc(C(=O)Nc2ccc(C(F)(F)F)cc2)n1. The summed E-state index contributed by atoms with van der Waals surface area (Å²) in [5, 5.41) is 5.20. The molecule has 8 heteroatoms. The Hall–Kier alpha value is -2.90. The minimum Gasteiger partial charge on any atom is -0.348 e. The van der Waals surface area contributed by atoms with Crippen LogP contribution in [0.25, 0.3) is 0 Å². The van der Waals surface area contributed by atoms with Crippen LogP contribution in [-0.2, 0) is 6.18 Å². The minimum absolute atomic E-state index is 0.0123. The maximum atomic E-state index is 12.5. The highest BCUT2D eigenvalue weighted by Gasteiger charge is 2.30. The van der Waals surface area contributed by atoms with E-state index < -0.39 is 23.6 Å². The number of hydrogen-bond donors (Lipinski definition) is 2. The number of benzene rings is 1. The fraction of sp³-hybridized carbons (Fsp3) is 0.278. The Bertz CT molecular complexity index is 789. The van der Waals surface area contributed by atoms with Gasteiger partial charge < -0.3 is 10.6 Å². The smallest absolute Gasteiger partial charge is 0.348 e. The van der Waals surface area contributed by atoms with Crippen LogP contribution in [0, 0.1) is 0 Å². The summed E-state index contributed by atoms with van der Waals surface area (Å²) >= 11 is 0. The first-order valence-corrected chi connectivity index (χ1v) is 7.97. The van der Waals surface area contributed by atoms with Gasteiger partial charge in [0.2, 0.25) is 0 Å². The second kappa shape index (κ2) is 7.99. The largest absolute Gasteiger partial charge is 0.416 e. The van der Waals surface area contributed by atoms with Crippen molar-refractivity contribution in [1.29, 1.82) is 0 Å². The maximum Gasteiger partial charge on any atom is 0.416 e. The van der Waals surface area contributed by atoms with Gasteiger partial charge in [-0.25, -0.2) is 4.98 Å². The molecule has 0 bridgehead atoms. The van der Waals surface area contributed by atoms with Crippen LogP contribution in [0.2, 0.25) is 0 Å². The summed E-state index contributed by atoms with van der Waals surface area (Å²) < 4.78 is 37.6. The Labute approximate surface area is 148 Å². The van der Waals surface area contributed by atoms with Crippen molar-refractivity contribution in [2.45, 2.75) is 32.5 Å². The Morgan fingerprint density at radius 1 is 1.04 bits per heavy atom. The summed E-state index contributed by atoms with van der Waals surface area (Å²) in [5.41, 5.74) is -0.538. The molecule has 1 unspecified atom stereocenters. The van der Waals surface area contributed by atoms with Gasteiger partial charge in [-0.1, -0.05) is 13.0 Å². The molecule has 0 saturated heterocycles. The number of nitrogens with one attached hydrogen (secondary N) is 2. The van der Waals surface area contributed by atoms with E-state index in [-0.39, 0.29) is 23.1 Å². The van der Waals surface area contributed by atoms with Gasteiger partial charge in [-0.05, 0) is 49.7 Å². The highest BCUT2D eigenvalue weighted by molar-refractivity contribution is 6.03. The third-order valence-corrected chi connectivity index (χ3v) is 3.67. The number of carbonyl (C=O) groups excluding carboxylic acids is 2. The molecule has 5 nitrogen and oxygen atoms in total. The summed E-state index contributed by atoms with van der Waals surface area (Å²) in [6.07, 6.45) is -3.69. The van der Waals surface area contributed by atoms with Crippen LogP contribution in [0.3, 0.4) is 0 Å². The Balaban J connectivity index is 2.10. The monoisotopic (exact) mass is 365 g/mol. The Kier molecular flexibility index (Phi) is 5.97. The van der Waals surface area contributed by atoms with E-state index in [4.69, 9.17) is 0 Å². The molecule has 0 saturated carbocycles. The van der Waals surface area contributed by atoms with Crippen LogP contribution >= 0.6 is 0 Å². The Morgan fingerprint density at radius 2 is 1.62 bits per heavy atom. The predicted octanol–water partition coefficient (Wildman–Crippen LogP) is 3.88. The van der Waals surface area contributed by atoms with Gasteiger partial charge in [0.1, 0.15) is 11.4 Å². The lowest BCUT2D eigenvalue weighted by Gasteiger charge is -2.11. The van der Waals surface area contributed by atoms with Crippen molar-refractivity contribution in [3.8, 4) is 0 Å². The third-order valence-electron chi connectivity index (χ3n) is 3.67. The number of rotatable bonds is 5. The molecule has 0 aliphatic heterocycles. The van der Waals surface area contributed by atoms with Crippen molar-refractivity contribution < 1.29 is 22.8 Å². The topological polar surface area (TPSA) is 71.1 Å². The van der Waals surface area contributed by atoms with Crippen LogP contribution in [0.5, 0.6) is 0 Å². The molecule has 2 aromatic rings. The van der Waals surface area contributed by atoms with Crippen LogP contribution in [-0.4, -0.2) is 22.8 Å². The van der Waals surface area contributed by atoms with Crippen molar-refractivity contribution in [3.63, 3.8) is 0 Å². The first-order chi connectivity index (χ1) is 12.2. The number of halogens is 3. The molecule has 2 N–H and O–H groups in total. The zero-order valence-electron chi connectivity index (χ0n) is 14.2. The van der Waals surface area contributed by atoms with E-state index >= 15 is 0 Å². The lowest BCUT2D eigenvalue weighted by Crippen LogP contribution is -2.32. The quantitative estimate of drug-likeness (QED) is 0.845. The van der Waals surface area contributed by atoms with Gasteiger partial charge in [-0.2, -0.15) is 13.2 Å². The summed E-state index contributed by atoms with van der Waals surface area (Å²) in [7, 11) is 0. The van der Waals surface area contributed by atoms with Gasteiger partial charge in [-0.3, -0.25) is 9.59 Å². The van der Waals surface area contributed by atoms with Gasteiger partial charge in [-0.15, -0.1) is 0 Å². The normalized spacial score (nSPS) is 12.3. The van der Waals surface area contributed by atoms with E-state index in [9.17, 15) is 22.8 Å². The molecule has 26 heavy (non-hydrogen) atoms. The summed E-state index contributed by atoms with van der Waals surface area (Å²) in [4.78, 5) is 28.3. The summed E-state index contributed by atoms with van der Waals surface area (Å²) in [5.74, 6) is -1.02. The minimum atomic E-state index is -4.44. The number of alkyl halides is 3. The number of aromatic nitrogens is 1. The molecule has 0 radical (unpaired) electrons. The lowest BCUT2D eigenvalue weighted by atomic mass is 10.2. The van der Waals surface area contributed by atoms with Gasteiger partial charge >= 0.3 is 6.18 Å². The molecule has 0 fully saturated rings. The van der Waals surface area contributed by atoms with Crippen molar-refractivity contribution in [1.82, 2.24) is 10.3 Å². The number of pyridine rings is 1. The van der Waals surface area contributed by atoms with Gasteiger partial charge in [0.15, 0.2) is 0 Å². The van der Waals surface area contributed by atoms with Crippen molar-refractivity contribution in [3.05, 3.63) is 59.4 Å². The Morgan fingerprint density at radius 3 is 2.15 bits per heavy atom. The highest BCUT2D eigenvalue weighted by Crippen LogP contribution is 2.29. The molecule has 1 heterocycles. The van der Waals surface area contributed by atoms with Gasteiger partial charge in [0.25, 0.3) is 11.8 Å². The highest BCUT2D eigenvalue weighted by atomic mass is 19.4. The molecule has 0 spiro atoms. The number of anilines is 1. The molecular formula is C18H18F3N3O2. The van der Waals surface area contributed by atoms with Crippen molar-refractivity contribution in [2.75, 3.05) is 5.32 Å². The van der Waals surface area contributed by atoms with E-state index in [0.29, 0.717) is 0 Å². The fourth-order valence-corrected chi connectivity index (χ4v) is 2.03. The van der Waals surface area contributed by atoms with Crippen LogP contribution < -0.4 is 10.6 Å². The third kappa shape index (κ3) is 5.05. The summed E-state index contributed by atoms with van der Waals surface area (Å²) in [6.45, 7) is 3.77. The zero-order valence-corrected chi connectivity index (χ0v) is 14.2. The van der Waals surface area contributed by atoms with E-state index in [1.54, 1.807) is 0 Å². The van der Waals surface area contributed by atoms with Crippen molar-refractivity contribution >= 4 is 17.5 Å². The molecule has 2 rings (SSSR count). The lowest BCUT2D eigenvalue weighted by molar-refractivity contribution is -0.137. The molecule has 0 aliphatic rings. The fourth-order valence-electron chi connectivity index (χ4n) is 2.03. The molecule has 1 aromatic heterocycles. The van der Waals surface area contributed by atoms with Crippen LogP contribution in [0.15, 0.2) is 42.5 Å². The maximum absolute atomic E-state index is 12.5. The molecule has 2 amide bonds. The van der Waals surface area contributed by atoms with E-state index in [1.165, 1.54) is 18.2 Å².